The molecule has 0 spiro atoms. The summed E-state index contributed by atoms with van der Waals surface area (Å²) in [5.41, 5.74) is 2.67. The molecule has 2 N–H and O–H groups in total. The van der Waals surface area contributed by atoms with Gasteiger partial charge in [0.1, 0.15) is 11.6 Å². The van der Waals surface area contributed by atoms with Crippen molar-refractivity contribution in [1.82, 2.24) is 5.43 Å². The Kier molecular flexibility index (Phi) is 4.77. The highest BCUT2D eigenvalue weighted by Crippen LogP contribution is 2.31. The van der Waals surface area contributed by atoms with Crippen LogP contribution in [0.5, 0.6) is 5.75 Å². The van der Waals surface area contributed by atoms with Gasteiger partial charge in [-0.3, -0.25) is 4.79 Å². The predicted molar refractivity (Wildman–Crippen MR) is 79.6 cm³/mol. The molecule has 0 aliphatic carbocycles. The Morgan fingerprint density at radius 1 is 1.14 bits per heavy atom. The van der Waals surface area contributed by atoms with Gasteiger partial charge in [0.05, 0.1) is 21.8 Å². The van der Waals surface area contributed by atoms with Gasteiger partial charge in [-0.1, -0.05) is 23.2 Å². The van der Waals surface area contributed by atoms with Crippen molar-refractivity contribution in [3.05, 3.63) is 63.4 Å². The summed E-state index contributed by atoms with van der Waals surface area (Å²) >= 11 is 11.6. The van der Waals surface area contributed by atoms with E-state index < -0.39 is 11.7 Å². The Hall–Kier alpha value is -2.11. The van der Waals surface area contributed by atoms with Crippen LogP contribution in [0, 0.1) is 5.82 Å². The first-order valence-corrected chi connectivity index (χ1v) is 6.50. The molecule has 0 atom stereocenters. The molecule has 0 saturated carbocycles. The number of carbonyl (C=O) groups is 1. The number of phenols is 1. The number of halogens is 3. The molecule has 0 aromatic heterocycles. The van der Waals surface area contributed by atoms with Gasteiger partial charge in [-0.25, -0.2) is 9.82 Å². The standard InChI is InChI=1S/C14H9Cl2FN2O2/c15-11-5-6-12(16)13(20)10(11)7-18-19-14(21)8-1-3-9(17)4-2-8/h1-7,20H,(H,19,21). The number of carbonyl (C=O) groups excluding carboxylic acids is 1. The van der Waals surface area contributed by atoms with Crippen LogP contribution in [0.1, 0.15) is 15.9 Å². The molecule has 0 unspecified atom stereocenters. The van der Waals surface area contributed by atoms with Crippen molar-refractivity contribution in [2.24, 2.45) is 5.10 Å². The fraction of sp³-hybridized carbons (Fsp3) is 0. The quantitative estimate of drug-likeness (QED) is 0.668. The summed E-state index contributed by atoms with van der Waals surface area (Å²) in [6, 6.07) is 7.91. The lowest BCUT2D eigenvalue weighted by molar-refractivity contribution is 0.0955. The normalized spacial score (nSPS) is 10.8. The second kappa shape index (κ2) is 6.56. The average Bonchev–Trinajstić information content (AvgIpc) is 2.47. The summed E-state index contributed by atoms with van der Waals surface area (Å²) in [6.45, 7) is 0. The van der Waals surface area contributed by atoms with Crippen molar-refractivity contribution in [3.63, 3.8) is 0 Å². The van der Waals surface area contributed by atoms with Crippen molar-refractivity contribution in [1.29, 1.82) is 0 Å². The van der Waals surface area contributed by atoms with E-state index in [9.17, 15) is 14.3 Å². The fourth-order valence-electron chi connectivity index (χ4n) is 1.50. The maximum Gasteiger partial charge on any atom is 0.271 e. The van der Waals surface area contributed by atoms with Crippen LogP contribution in [-0.4, -0.2) is 17.2 Å². The topological polar surface area (TPSA) is 61.7 Å². The third-order valence-electron chi connectivity index (χ3n) is 2.58. The number of aromatic hydroxyl groups is 1. The van der Waals surface area contributed by atoms with Gasteiger partial charge in [-0.05, 0) is 36.4 Å². The van der Waals surface area contributed by atoms with Gasteiger partial charge >= 0.3 is 0 Å². The predicted octanol–water partition coefficient (Wildman–Crippen LogP) is 3.60. The van der Waals surface area contributed by atoms with Crippen molar-refractivity contribution in [2.75, 3.05) is 0 Å². The first kappa shape index (κ1) is 15.3. The van der Waals surface area contributed by atoms with E-state index in [1.54, 1.807) is 0 Å². The van der Waals surface area contributed by atoms with Crippen LogP contribution in [0.15, 0.2) is 41.5 Å². The molecule has 0 fully saturated rings. The summed E-state index contributed by atoms with van der Waals surface area (Å²) in [5, 5.41) is 13.8. The van der Waals surface area contributed by atoms with E-state index in [1.807, 2.05) is 0 Å². The zero-order valence-electron chi connectivity index (χ0n) is 10.5. The van der Waals surface area contributed by atoms with Crippen molar-refractivity contribution in [3.8, 4) is 5.75 Å². The lowest BCUT2D eigenvalue weighted by Crippen LogP contribution is -2.17. The summed E-state index contributed by atoms with van der Waals surface area (Å²) in [6.07, 6.45) is 1.17. The zero-order chi connectivity index (χ0) is 15.4. The number of nitrogens with one attached hydrogen (secondary N) is 1. The first-order chi connectivity index (χ1) is 9.99. The smallest absolute Gasteiger partial charge is 0.271 e. The van der Waals surface area contributed by atoms with Crippen molar-refractivity contribution >= 4 is 35.3 Å². The monoisotopic (exact) mass is 326 g/mol. The van der Waals surface area contributed by atoms with Crippen LogP contribution in [0.25, 0.3) is 0 Å². The van der Waals surface area contributed by atoms with Gasteiger partial charge in [-0.15, -0.1) is 0 Å². The minimum absolute atomic E-state index is 0.116. The Morgan fingerprint density at radius 3 is 2.43 bits per heavy atom. The Labute approximate surface area is 129 Å². The summed E-state index contributed by atoms with van der Waals surface area (Å²) in [7, 11) is 0. The molecule has 0 radical (unpaired) electrons. The number of hydrogen-bond acceptors (Lipinski definition) is 3. The number of nitrogens with zero attached hydrogens (tertiary/aromatic N) is 1. The van der Waals surface area contributed by atoms with Crippen molar-refractivity contribution < 1.29 is 14.3 Å². The van der Waals surface area contributed by atoms with E-state index in [0.717, 1.165) is 12.1 Å². The minimum Gasteiger partial charge on any atom is -0.506 e. The molecular formula is C14H9Cl2FN2O2. The molecule has 0 heterocycles. The molecule has 2 rings (SSSR count). The lowest BCUT2D eigenvalue weighted by Gasteiger charge is -2.04. The van der Waals surface area contributed by atoms with E-state index in [-0.39, 0.29) is 26.9 Å². The van der Waals surface area contributed by atoms with Gasteiger partial charge in [0, 0.05) is 5.56 Å². The van der Waals surface area contributed by atoms with Crippen LogP contribution >= 0.6 is 23.2 Å². The molecular weight excluding hydrogens is 318 g/mol. The van der Waals surface area contributed by atoms with Gasteiger partial charge in [-0.2, -0.15) is 5.10 Å². The number of benzene rings is 2. The van der Waals surface area contributed by atoms with Gasteiger partial charge in [0.15, 0.2) is 0 Å². The Bertz CT molecular complexity index is 703. The minimum atomic E-state index is -0.524. The molecule has 108 valence electrons. The molecule has 0 bridgehead atoms. The molecule has 4 nitrogen and oxygen atoms in total. The van der Waals surface area contributed by atoms with E-state index >= 15 is 0 Å². The van der Waals surface area contributed by atoms with E-state index in [4.69, 9.17) is 23.2 Å². The Balaban J connectivity index is 2.11. The molecule has 2 aromatic rings. The zero-order valence-corrected chi connectivity index (χ0v) is 12.0. The van der Waals surface area contributed by atoms with E-state index in [0.29, 0.717) is 0 Å². The van der Waals surface area contributed by atoms with Gasteiger partial charge in [0.2, 0.25) is 0 Å². The molecule has 0 aliphatic rings. The highest BCUT2D eigenvalue weighted by atomic mass is 35.5. The Morgan fingerprint density at radius 2 is 1.76 bits per heavy atom. The van der Waals surface area contributed by atoms with Gasteiger partial charge in [0.25, 0.3) is 5.91 Å². The largest absolute Gasteiger partial charge is 0.506 e. The third kappa shape index (κ3) is 3.71. The fourth-order valence-corrected chi connectivity index (χ4v) is 1.87. The second-order valence-corrected chi connectivity index (χ2v) is 4.81. The second-order valence-electron chi connectivity index (χ2n) is 4.00. The van der Waals surface area contributed by atoms with Crippen LogP contribution in [0.4, 0.5) is 4.39 Å². The number of hydrogen-bond donors (Lipinski definition) is 2. The van der Waals surface area contributed by atoms with Crippen LogP contribution in [-0.2, 0) is 0 Å². The molecule has 7 heteroatoms. The van der Waals surface area contributed by atoms with Crippen LogP contribution in [0.2, 0.25) is 10.0 Å². The molecule has 21 heavy (non-hydrogen) atoms. The van der Waals surface area contributed by atoms with Gasteiger partial charge < -0.3 is 5.11 Å². The maximum atomic E-state index is 12.7. The average molecular weight is 327 g/mol. The first-order valence-electron chi connectivity index (χ1n) is 5.75. The number of hydrazone groups is 1. The SMILES string of the molecule is O=C(NN=Cc1c(Cl)ccc(Cl)c1O)c1ccc(F)cc1. The molecule has 0 aliphatic heterocycles. The van der Waals surface area contributed by atoms with E-state index in [1.165, 1.54) is 30.5 Å². The summed E-state index contributed by atoms with van der Waals surface area (Å²) in [4.78, 5) is 11.7. The molecule has 2 aromatic carbocycles. The highest BCUT2D eigenvalue weighted by Gasteiger charge is 2.09. The third-order valence-corrected chi connectivity index (χ3v) is 3.22. The number of rotatable bonds is 3. The maximum absolute atomic E-state index is 12.7. The highest BCUT2D eigenvalue weighted by molar-refractivity contribution is 6.36. The molecule has 0 saturated heterocycles. The van der Waals surface area contributed by atoms with Crippen molar-refractivity contribution in [2.45, 2.75) is 0 Å². The summed E-state index contributed by atoms with van der Waals surface area (Å²) < 4.78 is 12.7. The summed E-state index contributed by atoms with van der Waals surface area (Å²) in [5.74, 6) is -1.20. The number of amides is 1. The van der Waals surface area contributed by atoms with Crippen LogP contribution in [0.3, 0.4) is 0 Å². The molecule has 1 amide bonds. The van der Waals surface area contributed by atoms with Crippen LogP contribution < -0.4 is 5.43 Å². The lowest BCUT2D eigenvalue weighted by atomic mass is 10.2. The van der Waals surface area contributed by atoms with E-state index in [2.05, 4.69) is 10.5 Å². The number of phenolic OH excluding ortho intramolecular Hbond substituents is 1.